The zero-order chi connectivity index (χ0) is 13.8. The standard InChI is InChI=1S/C14H18FN3O/c1-9(2)7-16-8-13-17-14(18-19-13)11-4-10(3)5-12(15)6-11/h4-6,9,16H,7-8H2,1-3H3. The molecule has 0 aliphatic heterocycles. The first-order valence-electron chi connectivity index (χ1n) is 6.35. The van der Waals surface area contributed by atoms with Crippen LogP contribution in [0.3, 0.4) is 0 Å². The van der Waals surface area contributed by atoms with Crippen LogP contribution in [0.2, 0.25) is 0 Å². The molecule has 1 heterocycles. The zero-order valence-electron chi connectivity index (χ0n) is 11.4. The Morgan fingerprint density at radius 1 is 1.32 bits per heavy atom. The Balaban J connectivity index is 2.07. The summed E-state index contributed by atoms with van der Waals surface area (Å²) in [5.74, 6) is 1.20. The summed E-state index contributed by atoms with van der Waals surface area (Å²) in [5, 5.41) is 7.09. The molecule has 0 saturated heterocycles. The molecule has 5 heteroatoms. The maximum Gasteiger partial charge on any atom is 0.240 e. The fraction of sp³-hybridized carbons (Fsp3) is 0.429. The van der Waals surface area contributed by atoms with Crippen molar-refractivity contribution < 1.29 is 8.91 Å². The van der Waals surface area contributed by atoms with Gasteiger partial charge in [-0.25, -0.2) is 4.39 Å². The molecule has 2 aromatic rings. The fourth-order valence-corrected chi connectivity index (χ4v) is 1.78. The predicted octanol–water partition coefficient (Wildman–Crippen LogP) is 2.93. The first-order valence-corrected chi connectivity index (χ1v) is 6.35. The Hall–Kier alpha value is -1.75. The molecule has 0 unspecified atom stereocenters. The van der Waals surface area contributed by atoms with Crippen molar-refractivity contribution in [2.45, 2.75) is 27.3 Å². The van der Waals surface area contributed by atoms with E-state index in [1.165, 1.54) is 12.1 Å². The molecule has 0 atom stereocenters. The molecule has 0 fully saturated rings. The third-order valence-electron chi connectivity index (χ3n) is 2.60. The van der Waals surface area contributed by atoms with Crippen LogP contribution in [0.25, 0.3) is 11.4 Å². The highest BCUT2D eigenvalue weighted by Crippen LogP contribution is 2.18. The molecule has 0 aliphatic rings. The second-order valence-corrected chi connectivity index (χ2v) is 5.05. The van der Waals surface area contributed by atoms with Crippen molar-refractivity contribution in [3.8, 4) is 11.4 Å². The van der Waals surface area contributed by atoms with E-state index in [1.54, 1.807) is 0 Å². The Morgan fingerprint density at radius 2 is 2.11 bits per heavy atom. The molecular weight excluding hydrogens is 245 g/mol. The van der Waals surface area contributed by atoms with Gasteiger partial charge < -0.3 is 9.84 Å². The number of benzene rings is 1. The van der Waals surface area contributed by atoms with Gasteiger partial charge in [0.1, 0.15) is 5.82 Å². The molecule has 2 rings (SSSR count). The van der Waals surface area contributed by atoms with Gasteiger partial charge in [-0.15, -0.1) is 0 Å². The molecule has 0 amide bonds. The molecule has 19 heavy (non-hydrogen) atoms. The second kappa shape index (κ2) is 5.93. The van der Waals surface area contributed by atoms with Crippen LogP contribution in [0, 0.1) is 18.7 Å². The van der Waals surface area contributed by atoms with Crippen LogP contribution in [0.15, 0.2) is 22.7 Å². The molecule has 1 N–H and O–H groups in total. The van der Waals surface area contributed by atoms with Crippen molar-refractivity contribution in [3.05, 3.63) is 35.5 Å². The maximum atomic E-state index is 13.3. The zero-order valence-corrected chi connectivity index (χ0v) is 11.4. The highest BCUT2D eigenvalue weighted by atomic mass is 19.1. The van der Waals surface area contributed by atoms with Gasteiger partial charge in [-0.2, -0.15) is 4.98 Å². The largest absolute Gasteiger partial charge is 0.338 e. The first-order chi connectivity index (χ1) is 9.04. The molecular formula is C14H18FN3O. The average Bonchev–Trinajstić information content (AvgIpc) is 2.76. The third-order valence-corrected chi connectivity index (χ3v) is 2.60. The normalized spacial score (nSPS) is 11.2. The van der Waals surface area contributed by atoms with Crippen molar-refractivity contribution in [2.75, 3.05) is 6.54 Å². The minimum Gasteiger partial charge on any atom is -0.338 e. The molecule has 0 spiro atoms. The van der Waals surface area contributed by atoms with E-state index in [2.05, 4.69) is 29.3 Å². The number of halogens is 1. The third kappa shape index (κ3) is 3.86. The number of hydrogen-bond donors (Lipinski definition) is 1. The van der Waals surface area contributed by atoms with Crippen LogP contribution in [0.4, 0.5) is 4.39 Å². The maximum absolute atomic E-state index is 13.3. The topological polar surface area (TPSA) is 51.0 Å². The summed E-state index contributed by atoms with van der Waals surface area (Å²) in [6, 6.07) is 4.71. The fourth-order valence-electron chi connectivity index (χ4n) is 1.78. The van der Waals surface area contributed by atoms with E-state index in [0.717, 1.165) is 12.1 Å². The molecule has 1 aromatic carbocycles. The molecule has 0 aliphatic carbocycles. The Labute approximate surface area is 112 Å². The number of aryl methyl sites for hydroxylation is 1. The first kappa shape index (κ1) is 13.7. The Bertz CT molecular complexity index is 531. The monoisotopic (exact) mass is 263 g/mol. The summed E-state index contributed by atoms with van der Waals surface area (Å²) in [6.07, 6.45) is 0. The van der Waals surface area contributed by atoms with Crippen LogP contribution in [-0.2, 0) is 6.54 Å². The summed E-state index contributed by atoms with van der Waals surface area (Å²) in [5.41, 5.74) is 1.47. The lowest BCUT2D eigenvalue weighted by Gasteiger charge is -2.03. The van der Waals surface area contributed by atoms with Crippen LogP contribution < -0.4 is 5.32 Å². The average molecular weight is 263 g/mol. The lowest BCUT2D eigenvalue weighted by Crippen LogP contribution is -2.19. The van der Waals surface area contributed by atoms with Gasteiger partial charge in [-0.1, -0.05) is 19.0 Å². The highest BCUT2D eigenvalue weighted by Gasteiger charge is 2.10. The van der Waals surface area contributed by atoms with Gasteiger partial charge >= 0.3 is 0 Å². The van der Waals surface area contributed by atoms with E-state index >= 15 is 0 Å². The number of rotatable bonds is 5. The SMILES string of the molecule is Cc1cc(F)cc(-c2noc(CNCC(C)C)n2)c1. The van der Waals surface area contributed by atoms with Gasteiger partial charge in [0.05, 0.1) is 6.54 Å². The van der Waals surface area contributed by atoms with Gasteiger partial charge in [0.25, 0.3) is 0 Å². The Kier molecular flexibility index (Phi) is 4.27. The molecule has 4 nitrogen and oxygen atoms in total. The molecule has 0 saturated carbocycles. The van der Waals surface area contributed by atoms with Gasteiger partial charge in [0.15, 0.2) is 0 Å². The van der Waals surface area contributed by atoms with Gasteiger partial charge in [-0.3, -0.25) is 0 Å². The molecule has 0 radical (unpaired) electrons. The summed E-state index contributed by atoms with van der Waals surface area (Å²) in [7, 11) is 0. The van der Waals surface area contributed by atoms with Crippen LogP contribution in [0.1, 0.15) is 25.3 Å². The van der Waals surface area contributed by atoms with Gasteiger partial charge in [0, 0.05) is 5.56 Å². The van der Waals surface area contributed by atoms with E-state index in [-0.39, 0.29) is 5.82 Å². The molecule has 0 bridgehead atoms. The van der Waals surface area contributed by atoms with Gasteiger partial charge in [0.2, 0.25) is 11.7 Å². The van der Waals surface area contributed by atoms with Crippen molar-refractivity contribution in [1.82, 2.24) is 15.5 Å². The van der Waals surface area contributed by atoms with E-state index < -0.39 is 0 Å². The minimum atomic E-state index is -0.292. The van der Waals surface area contributed by atoms with E-state index in [4.69, 9.17) is 4.52 Å². The number of nitrogens with zero attached hydrogens (tertiary/aromatic N) is 2. The minimum absolute atomic E-state index is 0.292. The summed E-state index contributed by atoms with van der Waals surface area (Å²) >= 11 is 0. The van der Waals surface area contributed by atoms with E-state index in [0.29, 0.717) is 29.7 Å². The summed E-state index contributed by atoms with van der Waals surface area (Å²) in [4.78, 5) is 4.25. The van der Waals surface area contributed by atoms with Crippen molar-refractivity contribution in [1.29, 1.82) is 0 Å². The van der Waals surface area contributed by atoms with Crippen molar-refractivity contribution >= 4 is 0 Å². The van der Waals surface area contributed by atoms with E-state index in [1.807, 2.05) is 13.0 Å². The highest BCUT2D eigenvalue weighted by molar-refractivity contribution is 5.55. The number of aromatic nitrogens is 2. The molecule has 102 valence electrons. The second-order valence-electron chi connectivity index (χ2n) is 5.05. The van der Waals surface area contributed by atoms with Crippen molar-refractivity contribution in [3.63, 3.8) is 0 Å². The Morgan fingerprint density at radius 3 is 2.79 bits per heavy atom. The van der Waals surface area contributed by atoms with Crippen molar-refractivity contribution in [2.24, 2.45) is 5.92 Å². The summed E-state index contributed by atoms with van der Waals surface area (Å²) in [6.45, 7) is 7.50. The van der Waals surface area contributed by atoms with Crippen LogP contribution in [0.5, 0.6) is 0 Å². The number of nitrogens with one attached hydrogen (secondary N) is 1. The van der Waals surface area contributed by atoms with E-state index in [9.17, 15) is 4.39 Å². The molecule has 1 aromatic heterocycles. The van der Waals surface area contributed by atoms with Gasteiger partial charge in [-0.05, 0) is 43.1 Å². The lowest BCUT2D eigenvalue weighted by atomic mass is 10.1. The summed E-state index contributed by atoms with van der Waals surface area (Å²) < 4.78 is 18.4. The quantitative estimate of drug-likeness (QED) is 0.901. The van der Waals surface area contributed by atoms with Crippen LogP contribution in [-0.4, -0.2) is 16.7 Å². The number of hydrogen-bond acceptors (Lipinski definition) is 4. The predicted molar refractivity (Wildman–Crippen MR) is 71.0 cm³/mol. The smallest absolute Gasteiger partial charge is 0.240 e. The lowest BCUT2D eigenvalue weighted by molar-refractivity contribution is 0.364. The van der Waals surface area contributed by atoms with Crippen LogP contribution >= 0.6 is 0 Å².